The van der Waals surface area contributed by atoms with Gasteiger partial charge in [-0.25, -0.2) is 23.2 Å². The number of Topliss-reactive ketones (excluding diaryl/α,β-unsaturated/α-hetero) is 1. The van der Waals surface area contributed by atoms with Crippen molar-refractivity contribution < 1.29 is 22.7 Å². The average molecular weight is 402 g/mol. The van der Waals surface area contributed by atoms with E-state index in [0.717, 1.165) is 6.26 Å². The smallest absolute Gasteiger partial charge is 0.411 e. The van der Waals surface area contributed by atoms with Crippen LogP contribution in [0.15, 0.2) is 29.7 Å². The Labute approximate surface area is 161 Å². The maximum atomic E-state index is 12.2. The molecule has 3 aromatic rings. The highest BCUT2D eigenvalue weighted by Gasteiger charge is 2.20. The fraction of sp³-hybridized carbons (Fsp3) is 0.222. The van der Waals surface area contributed by atoms with Gasteiger partial charge >= 0.3 is 6.09 Å². The third-order valence-corrected chi connectivity index (χ3v) is 5.03. The Kier molecular flexibility index (Phi) is 4.90. The molecule has 0 radical (unpaired) electrons. The van der Waals surface area contributed by atoms with Crippen LogP contribution >= 0.6 is 0 Å². The van der Waals surface area contributed by atoms with Crippen molar-refractivity contribution in [3.05, 3.63) is 35.7 Å². The van der Waals surface area contributed by atoms with E-state index >= 15 is 0 Å². The second-order valence-corrected chi connectivity index (χ2v) is 8.15. The number of benzene rings is 1. The second kappa shape index (κ2) is 7.04. The van der Waals surface area contributed by atoms with Crippen molar-refractivity contribution in [1.82, 2.24) is 15.0 Å². The number of nitrogens with zero attached hydrogens (tertiary/aromatic N) is 2. The Balaban J connectivity index is 2.25. The van der Waals surface area contributed by atoms with Crippen LogP contribution in [0.25, 0.3) is 22.2 Å². The van der Waals surface area contributed by atoms with Gasteiger partial charge < -0.3 is 9.72 Å². The van der Waals surface area contributed by atoms with E-state index in [9.17, 15) is 18.0 Å². The van der Waals surface area contributed by atoms with Gasteiger partial charge in [-0.05, 0) is 25.5 Å². The van der Waals surface area contributed by atoms with Crippen molar-refractivity contribution in [1.29, 1.82) is 0 Å². The van der Waals surface area contributed by atoms with Gasteiger partial charge in [0, 0.05) is 29.6 Å². The zero-order valence-electron chi connectivity index (χ0n) is 15.7. The number of ether oxygens (including phenoxy) is 1. The molecule has 0 saturated carbocycles. The molecule has 9 nitrogen and oxygen atoms in total. The summed E-state index contributed by atoms with van der Waals surface area (Å²) in [7, 11) is -2.35. The summed E-state index contributed by atoms with van der Waals surface area (Å²) >= 11 is 0. The molecule has 0 spiro atoms. The molecule has 0 fully saturated rings. The van der Waals surface area contributed by atoms with Crippen LogP contribution in [0.4, 0.5) is 10.5 Å². The minimum atomic E-state index is -3.58. The lowest BCUT2D eigenvalue weighted by Crippen LogP contribution is -2.13. The number of methoxy groups -OCH3 is 1. The highest BCUT2D eigenvalue weighted by atomic mass is 32.2. The minimum Gasteiger partial charge on any atom is -0.453 e. The number of rotatable bonds is 4. The first-order valence-corrected chi connectivity index (χ1v) is 10.1. The van der Waals surface area contributed by atoms with Crippen LogP contribution in [0, 0.1) is 6.92 Å². The fourth-order valence-electron chi connectivity index (χ4n) is 2.90. The number of aromatic amines is 1. The van der Waals surface area contributed by atoms with Crippen LogP contribution in [0.1, 0.15) is 22.8 Å². The van der Waals surface area contributed by atoms with Crippen molar-refractivity contribution in [3.63, 3.8) is 0 Å². The average Bonchev–Trinajstić information content (AvgIpc) is 3.04. The van der Waals surface area contributed by atoms with Crippen molar-refractivity contribution in [2.75, 3.05) is 18.7 Å². The third-order valence-electron chi connectivity index (χ3n) is 4.17. The molecule has 0 aliphatic heterocycles. The fourth-order valence-corrected chi connectivity index (χ4v) is 3.40. The Bertz CT molecular complexity index is 1210. The van der Waals surface area contributed by atoms with Crippen LogP contribution in [-0.4, -0.2) is 48.6 Å². The molecule has 0 aliphatic carbocycles. The van der Waals surface area contributed by atoms with Crippen molar-refractivity contribution in [3.8, 4) is 11.3 Å². The molecule has 0 saturated heterocycles. The Hall–Kier alpha value is -3.27. The highest BCUT2D eigenvalue weighted by molar-refractivity contribution is 7.90. The largest absolute Gasteiger partial charge is 0.453 e. The van der Waals surface area contributed by atoms with Gasteiger partial charge in [-0.3, -0.25) is 10.1 Å². The van der Waals surface area contributed by atoms with Gasteiger partial charge in [0.25, 0.3) is 0 Å². The number of aromatic nitrogens is 3. The maximum Gasteiger partial charge on any atom is 0.411 e. The molecule has 0 atom stereocenters. The third kappa shape index (κ3) is 3.46. The van der Waals surface area contributed by atoms with E-state index in [1.165, 1.54) is 20.2 Å². The zero-order chi connectivity index (χ0) is 20.6. The van der Waals surface area contributed by atoms with Gasteiger partial charge in [-0.15, -0.1) is 0 Å². The van der Waals surface area contributed by atoms with Crippen molar-refractivity contribution in [2.24, 2.45) is 0 Å². The number of hydrogen-bond acceptors (Lipinski definition) is 7. The lowest BCUT2D eigenvalue weighted by molar-refractivity contribution is 0.102. The molecule has 146 valence electrons. The number of ketones is 1. The van der Waals surface area contributed by atoms with Gasteiger partial charge in [-0.2, -0.15) is 0 Å². The molecule has 0 bridgehead atoms. The number of aryl methyl sites for hydroxylation is 1. The molecule has 3 rings (SSSR count). The number of amides is 1. The molecule has 28 heavy (non-hydrogen) atoms. The number of carbonyl (C=O) groups is 2. The lowest BCUT2D eigenvalue weighted by Gasteiger charge is -2.10. The predicted octanol–water partition coefficient (Wildman–Crippen LogP) is 2.72. The molecule has 1 amide bonds. The number of fused-ring (bicyclic) bond motifs is 1. The van der Waals surface area contributed by atoms with Crippen LogP contribution in [0.2, 0.25) is 0 Å². The SMILES string of the molecule is COC(=O)Nc1ccc2c(-c3nc(S(C)(=O)=O)ncc3C)c[nH]c2c1C(C)=O. The molecule has 2 aromatic heterocycles. The van der Waals surface area contributed by atoms with E-state index in [4.69, 9.17) is 0 Å². The van der Waals surface area contributed by atoms with Crippen LogP contribution in [0.5, 0.6) is 0 Å². The summed E-state index contributed by atoms with van der Waals surface area (Å²) in [5, 5.41) is 2.89. The topological polar surface area (TPSA) is 131 Å². The number of nitrogens with one attached hydrogen (secondary N) is 2. The lowest BCUT2D eigenvalue weighted by atomic mass is 10.0. The Morgan fingerprint density at radius 3 is 2.57 bits per heavy atom. The molecular weight excluding hydrogens is 384 g/mol. The summed E-state index contributed by atoms with van der Waals surface area (Å²) in [6, 6.07) is 3.29. The van der Waals surface area contributed by atoms with Crippen molar-refractivity contribution in [2.45, 2.75) is 19.0 Å². The van der Waals surface area contributed by atoms with Crippen LogP contribution in [0.3, 0.4) is 0 Å². The van der Waals surface area contributed by atoms with Gasteiger partial charge in [0.15, 0.2) is 5.78 Å². The Morgan fingerprint density at radius 2 is 1.96 bits per heavy atom. The molecule has 0 unspecified atom stereocenters. The normalized spacial score (nSPS) is 11.4. The molecule has 2 heterocycles. The van der Waals surface area contributed by atoms with Crippen LogP contribution in [-0.2, 0) is 14.6 Å². The van der Waals surface area contributed by atoms with E-state index in [1.807, 2.05) is 0 Å². The van der Waals surface area contributed by atoms with Gasteiger partial charge in [0.2, 0.25) is 15.0 Å². The number of anilines is 1. The van der Waals surface area contributed by atoms with E-state index in [-0.39, 0.29) is 16.5 Å². The van der Waals surface area contributed by atoms with Crippen LogP contribution < -0.4 is 5.32 Å². The van der Waals surface area contributed by atoms with E-state index < -0.39 is 15.9 Å². The second-order valence-electron chi connectivity index (χ2n) is 6.24. The standard InChI is InChI=1S/C18H18N4O5S/c1-9-7-20-17(28(4,25)26)22-15(9)12-8-19-16-11(12)5-6-13(14(16)10(2)23)21-18(24)27-3/h5-8,19H,1-4H3,(H,21,24). The first-order valence-electron chi connectivity index (χ1n) is 8.17. The monoisotopic (exact) mass is 402 g/mol. The summed E-state index contributed by atoms with van der Waals surface area (Å²) in [6.45, 7) is 3.15. The first kappa shape index (κ1) is 19.5. The molecule has 1 aromatic carbocycles. The summed E-state index contributed by atoms with van der Waals surface area (Å²) < 4.78 is 28.2. The number of sulfone groups is 1. The van der Waals surface area contributed by atoms with E-state index in [1.54, 1.807) is 25.3 Å². The van der Waals surface area contributed by atoms with Gasteiger partial charge in [0.1, 0.15) is 0 Å². The molecule has 2 N–H and O–H groups in total. The number of hydrogen-bond donors (Lipinski definition) is 2. The summed E-state index contributed by atoms with van der Waals surface area (Å²) in [4.78, 5) is 34.9. The summed E-state index contributed by atoms with van der Waals surface area (Å²) in [5.74, 6) is -0.262. The van der Waals surface area contributed by atoms with E-state index in [2.05, 4.69) is 25.0 Å². The highest BCUT2D eigenvalue weighted by Crippen LogP contribution is 2.34. The van der Waals surface area contributed by atoms with E-state index in [0.29, 0.717) is 33.4 Å². The van der Waals surface area contributed by atoms with Gasteiger partial charge in [-0.1, -0.05) is 6.07 Å². The Morgan fingerprint density at radius 1 is 1.25 bits per heavy atom. The quantitative estimate of drug-likeness (QED) is 0.506. The predicted molar refractivity (Wildman–Crippen MR) is 103 cm³/mol. The molecule has 10 heteroatoms. The maximum absolute atomic E-state index is 12.2. The zero-order valence-corrected chi connectivity index (χ0v) is 16.5. The molecular formula is C18H18N4O5S. The first-order chi connectivity index (χ1) is 13.1. The number of H-pyrrole nitrogens is 1. The summed E-state index contributed by atoms with van der Waals surface area (Å²) in [5.41, 5.74) is 2.81. The van der Waals surface area contributed by atoms with Crippen molar-refractivity contribution >= 4 is 38.3 Å². The number of carbonyl (C=O) groups excluding carboxylic acids is 2. The summed E-state index contributed by atoms with van der Waals surface area (Å²) in [6.07, 6.45) is 3.42. The minimum absolute atomic E-state index is 0.262. The molecule has 0 aliphatic rings. The van der Waals surface area contributed by atoms with Gasteiger partial charge in [0.05, 0.1) is 29.6 Å².